The highest BCUT2D eigenvalue weighted by Gasteiger charge is 2.47. The van der Waals surface area contributed by atoms with E-state index in [-0.39, 0.29) is 36.0 Å². The average molecular weight is 391 g/mol. The van der Waals surface area contributed by atoms with Gasteiger partial charge in [-0.1, -0.05) is 12.1 Å². The molecule has 0 aliphatic carbocycles. The Balaban J connectivity index is 1.47. The number of fused-ring (bicyclic) bond motifs is 1. The lowest BCUT2D eigenvalue weighted by Crippen LogP contribution is -2.45. The van der Waals surface area contributed by atoms with E-state index >= 15 is 0 Å². The molecule has 2 aromatic carbocycles. The molecule has 0 bridgehead atoms. The molecule has 8 heteroatoms. The zero-order valence-corrected chi connectivity index (χ0v) is 14.7. The molecule has 1 unspecified atom stereocenters. The Kier molecular flexibility index (Phi) is 4.28. The van der Waals surface area contributed by atoms with E-state index in [2.05, 4.69) is 4.74 Å². The molecule has 146 valence electrons. The molecule has 1 fully saturated rings. The number of carbonyl (C=O) groups excluding carboxylic acids is 2. The summed E-state index contributed by atoms with van der Waals surface area (Å²) in [6.45, 7) is 0.641. The van der Waals surface area contributed by atoms with Crippen LogP contribution in [-0.2, 0) is 0 Å². The molecular weight excluding hydrogens is 375 g/mol. The molecule has 0 N–H and O–H groups in total. The van der Waals surface area contributed by atoms with Gasteiger partial charge in [0.05, 0.1) is 18.5 Å². The van der Waals surface area contributed by atoms with Crippen LogP contribution < -0.4 is 9.47 Å². The molecule has 2 aliphatic heterocycles. The molecule has 2 aliphatic rings. The molecule has 4 rings (SSSR count). The van der Waals surface area contributed by atoms with Gasteiger partial charge in [-0.15, -0.1) is 13.2 Å². The molecule has 0 radical (unpaired) electrons. The van der Waals surface area contributed by atoms with Crippen molar-refractivity contribution >= 4 is 11.7 Å². The first kappa shape index (κ1) is 18.3. The lowest BCUT2D eigenvalue weighted by Gasteiger charge is -2.34. The first-order valence-electron chi connectivity index (χ1n) is 8.71. The van der Waals surface area contributed by atoms with Crippen LogP contribution in [0.2, 0.25) is 0 Å². The van der Waals surface area contributed by atoms with E-state index in [9.17, 15) is 22.8 Å². The number of hydrogen-bond acceptors (Lipinski definition) is 4. The van der Waals surface area contributed by atoms with Gasteiger partial charge in [0.1, 0.15) is 17.1 Å². The van der Waals surface area contributed by atoms with Gasteiger partial charge in [-0.05, 0) is 36.4 Å². The molecular formula is C20H16F3NO4. The van der Waals surface area contributed by atoms with E-state index in [0.29, 0.717) is 24.3 Å². The van der Waals surface area contributed by atoms with E-state index in [1.54, 1.807) is 29.2 Å². The quantitative estimate of drug-likeness (QED) is 0.781. The number of nitrogens with zero attached hydrogens (tertiary/aromatic N) is 1. The minimum atomic E-state index is -4.78. The summed E-state index contributed by atoms with van der Waals surface area (Å²) in [5, 5.41) is 0. The van der Waals surface area contributed by atoms with Crippen molar-refractivity contribution in [3.05, 3.63) is 59.7 Å². The third kappa shape index (κ3) is 3.54. The Morgan fingerprint density at radius 1 is 1.11 bits per heavy atom. The maximum Gasteiger partial charge on any atom is 0.573 e. The number of ether oxygens (including phenoxy) is 2. The van der Waals surface area contributed by atoms with Gasteiger partial charge in [0.2, 0.25) is 0 Å². The molecule has 2 aromatic rings. The maximum absolute atomic E-state index is 12.7. The average Bonchev–Trinajstić information content (AvgIpc) is 3.03. The second-order valence-electron chi connectivity index (χ2n) is 6.93. The van der Waals surface area contributed by atoms with Crippen molar-refractivity contribution < 1.29 is 32.2 Å². The van der Waals surface area contributed by atoms with Gasteiger partial charge in [0.15, 0.2) is 5.78 Å². The molecule has 1 amide bonds. The fraction of sp³-hybridized carbons (Fsp3) is 0.300. The summed E-state index contributed by atoms with van der Waals surface area (Å²) in [6, 6.07) is 11.8. The maximum atomic E-state index is 12.7. The number of hydrogen-bond donors (Lipinski definition) is 0. The molecule has 1 spiro atoms. The van der Waals surface area contributed by atoms with Crippen LogP contribution >= 0.6 is 0 Å². The van der Waals surface area contributed by atoms with E-state index in [1.807, 2.05) is 0 Å². The van der Waals surface area contributed by atoms with Crippen molar-refractivity contribution in [3.63, 3.8) is 0 Å². The van der Waals surface area contributed by atoms with Crippen LogP contribution in [0.5, 0.6) is 11.5 Å². The Bertz CT molecular complexity index is 926. The van der Waals surface area contributed by atoms with Crippen LogP contribution in [0.1, 0.15) is 33.6 Å². The van der Waals surface area contributed by atoms with Crippen molar-refractivity contribution in [2.45, 2.75) is 24.8 Å². The lowest BCUT2D eigenvalue weighted by molar-refractivity contribution is -0.274. The molecule has 0 saturated carbocycles. The highest BCUT2D eigenvalue weighted by molar-refractivity contribution is 6.00. The Morgan fingerprint density at radius 3 is 2.54 bits per heavy atom. The van der Waals surface area contributed by atoms with Gasteiger partial charge in [-0.3, -0.25) is 9.59 Å². The molecule has 28 heavy (non-hydrogen) atoms. The van der Waals surface area contributed by atoms with Crippen molar-refractivity contribution in [3.8, 4) is 11.5 Å². The Labute approximate surface area is 158 Å². The van der Waals surface area contributed by atoms with Crippen LogP contribution in [-0.4, -0.2) is 41.6 Å². The van der Waals surface area contributed by atoms with Gasteiger partial charge in [0, 0.05) is 18.5 Å². The van der Waals surface area contributed by atoms with Gasteiger partial charge >= 0.3 is 6.36 Å². The Morgan fingerprint density at radius 2 is 1.82 bits per heavy atom. The van der Waals surface area contributed by atoms with Crippen molar-refractivity contribution in [1.29, 1.82) is 0 Å². The summed E-state index contributed by atoms with van der Waals surface area (Å²) >= 11 is 0. The van der Waals surface area contributed by atoms with Crippen LogP contribution in [0, 0.1) is 0 Å². The molecule has 1 saturated heterocycles. The van der Waals surface area contributed by atoms with Crippen molar-refractivity contribution in [1.82, 2.24) is 4.90 Å². The number of rotatable bonds is 2. The molecule has 1 atom stereocenters. The second kappa shape index (κ2) is 6.54. The first-order chi connectivity index (χ1) is 13.2. The fourth-order valence-corrected chi connectivity index (χ4v) is 3.67. The van der Waals surface area contributed by atoms with Crippen molar-refractivity contribution in [2.24, 2.45) is 0 Å². The topological polar surface area (TPSA) is 55.8 Å². The lowest BCUT2D eigenvalue weighted by atomic mass is 9.89. The minimum absolute atomic E-state index is 0.0233. The normalized spacial score (nSPS) is 21.4. The van der Waals surface area contributed by atoms with Crippen molar-refractivity contribution in [2.75, 3.05) is 13.1 Å². The number of likely N-dealkylation sites (tertiary alicyclic amines) is 1. The number of ketones is 1. The second-order valence-corrected chi connectivity index (χ2v) is 6.93. The smallest absolute Gasteiger partial charge is 0.484 e. The van der Waals surface area contributed by atoms with E-state index in [0.717, 1.165) is 12.1 Å². The highest BCUT2D eigenvalue weighted by Crippen LogP contribution is 2.39. The molecule has 0 aromatic heterocycles. The summed E-state index contributed by atoms with van der Waals surface area (Å²) in [4.78, 5) is 26.7. The van der Waals surface area contributed by atoms with Crippen LogP contribution in [0.15, 0.2) is 48.5 Å². The fourth-order valence-electron chi connectivity index (χ4n) is 3.67. The highest BCUT2D eigenvalue weighted by atomic mass is 19.4. The zero-order valence-electron chi connectivity index (χ0n) is 14.7. The van der Waals surface area contributed by atoms with Crippen LogP contribution in [0.4, 0.5) is 13.2 Å². The number of halogens is 3. The third-order valence-corrected chi connectivity index (χ3v) is 4.94. The number of amides is 1. The van der Waals surface area contributed by atoms with Crippen LogP contribution in [0.25, 0.3) is 0 Å². The number of benzene rings is 2. The van der Waals surface area contributed by atoms with Gasteiger partial charge in [0.25, 0.3) is 5.91 Å². The zero-order chi connectivity index (χ0) is 19.9. The number of Topliss-reactive ketones (excluding diaryl/α,β-unsaturated/α-hetero) is 1. The van der Waals surface area contributed by atoms with Crippen LogP contribution in [0.3, 0.4) is 0 Å². The number of carbonyl (C=O) groups is 2. The monoisotopic (exact) mass is 391 g/mol. The van der Waals surface area contributed by atoms with E-state index < -0.39 is 12.0 Å². The largest absolute Gasteiger partial charge is 0.573 e. The summed E-state index contributed by atoms with van der Waals surface area (Å²) in [5.41, 5.74) is 0.0210. The number of para-hydroxylation sites is 1. The molecule has 2 heterocycles. The number of alkyl halides is 3. The summed E-state index contributed by atoms with van der Waals surface area (Å²) < 4.78 is 46.6. The standard InChI is InChI=1S/C20H16F3NO4/c21-20(22,23)27-14-7-5-13(6-8-14)18(26)24-10-9-19(12-24)11-16(25)15-3-1-2-4-17(15)28-19/h1-8H,9-12H2. The SMILES string of the molecule is O=C1CC2(CCN(C(=O)c3ccc(OC(F)(F)F)cc3)C2)Oc2ccccc21. The van der Waals surface area contributed by atoms with E-state index in [1.165, 1.54) is 12.1 Å². The summed E-state index contributed by atoms with van der Waals surface area (Å²) in [5.74, 6) is -0.225. The summed E-state index contributed by atoms with van der Waals surface area (Å²) in [6.07, 6.45) is -4.09. The Hall–Kier alpha value is -3.03. The van der Waals surface area contributed by atoms with Gasteiger partial charge in [-0.2, -0.15) is 0 Å². The molecule has 5 nitrogen and oxygen atoms in total. The predicted molar refractivity (Wildman–Crippen MR) is 92.4 cm³/mol. The van der Waals surface area contributed by atoms with Gasteiger partial charge in [-0.25, -0.2) is 0 Å². The minimum Gasteiger partial charge on any atom is -0.484 e. The third-order valence-electron chi connectivity index (χ3n) is 4.94. The van der Waals surface area contributed by atoms with Gasteiger partial charge < -0.3 is 14.4 Å². The summed E-state index contributed by atoms with van der Waals surface area (Å²) in [7, 11) is 0. The van der Waals surface area contributed by atoms with E-state index in [4.69, 9.17) is 4.74 Å². The predicted octanol–water partition coefficient (Wildman–Crippen LogP) is 3.84. The first-order valence-corrected chi connectivity index (χ1v) is 8.71.